The van der Waals surface area contributed by atoms with Crippen LogP contribution in [0.2, 0.25) is 0 Å². The molecular weight excluding hydrogens is 318 g/mol. The molecule has 7 heteroatoms. The molecule has 0 saturated carbocycles. The van der Waals surface area contributed by atoms with Crippen LogP contribution in [0.5, 0.6) is 0 Å². The second kappa shape index (κ2) is 6.52. The lowest BCUT2D eigenvalue weighted by Crippen LogP contribution is -2.51. The summed E-state index contributed by atoms with van der Waals surface area (Å²) in [6.07, 6.45) is 0.606. The van der Waals surface area contributed by atoms with Gasteiger partial charge < -0.3 is 5.32 Å². The van der Waals surface area contributed by atoms with Gasteiger partial charge in [0, 0.05) is 19.8 Å². The van der Waals surface area contributed by atoms with Gasteiger partial charge in [0.25, 0.3) is 0 Å². The first kappa shape index (κ1) is 17.2. The van der Waals surface area contributed by atoms with Gasteiger partial charge in [-0.05, 0) is 49.7 Å². The highest BCUT2D eigenvalue weighted by Gasteiger charge is 2.34. The summed E-state index contributed by atoms with van der Waals surface area (Å²) in [6.45, 7) is 4.05. The predicted molar refractivity (Wildman–Crippen MR) is 94.7 cm³/mol. The van der Waals surface area contributed by atoms with Gasteiger partial charge in [-0.25, -0.2) is 13.4 Å². The number of hydrogen-bond donors (Lipinski definition) is 1. The molecule has 0 amide bonds. The van der Waals surface area contributed by atoms with Gasteiger partial charge in [0.15, 0.2) is 14.9 Å². The quantitative estimate of drug-likeness (QED) is 0.670. The van der Waals surface area contributed by atoms with Crippen molar-refractivity contribution in [2.75, 3.05) is 30.9 Å². The van der Waals surface area contributed by atoms with Crippen LogP contribution in [0, 0.1) is 13.8 Å². The summed E-state index contributed by atoms with van der Waals surface area (Å²) in [4.78, 5) is 0. The number of aryl methyl sites for hydroxylation is 2. The SMILES string of the molecule is Cc1ccc(C)c(NC(=S)N([C@@H]2CCS(=O)(=O)C2)N(C)C)c1. The molecule has 1 atom stereocenters. The van der Waals surface area contributed by atoms with Crippen molar-refractivity contribution in [3.05, 3.63) is 29.3 Å². The number of benzene rings is 1. The summed E-state index contributed by atoms with van der Waals surface area (Å²) in [5, 5.41) is 7.50. The fourth-order valence-corrected chi connectivity index (χ4v) is 4.80. The molecule has 22 heavy (non-hydrogen) atoms. The van der Waals surface area contributed by atoms with Crippen molar-refractivity contribution >= 4 is 32.9 Å². The van der Waals surface area contributed by atoms with Crippen molar-refractivity contribution in [1.29, 1.82) is 0 Å². The number of rotatable bonds is 3. The fraction of sp³-hybridized carbons (Fsp3) is 0.533. The van der Waals surface area contributed by atoms with Crippen molar-refractivity contribution < 1.29 is 8.42 Å². The topological polar surface area (TPSA) is 52.7 Å². The highest BCUT2D eigenvalue weighted by Crippen LogP contribution is 2.22. The van der Waals surface area contributed by atoms with Gasteiger partial charge in [-0.3, -0.25) is 5.01 Å². The van der Waals surface area contributed by atoms with Gasteiger partial charge in [0.05, 0.1) is 17.5 Å². The molecule has 0 spiro atoms. The van der Waals surface area contributed by atoms with Crippen LogP contribution >= 0.6 is 12.2 Å². The molecule has 5 nitrogen and oxygen atoms in total. The standard InChI is InChI=1S/C15H23N3O2S2/c1-11-5-6-12(2)14(9-11)16-15(21)18(17(3)4)13-7-8-22(19,20)10-13/h5-6,9,13H,7-8,10H2,1-4H3,(H,16,21)/t13-/m1/s1. The maximum Gasteiger partial charge on any atom is 0.188 e. The van der Waals surface area contributed by atoms with Gasteiger partial charge in [-0.1, -0.05) is 12.1 Å². The summed E-state index contributed by atoms with van der Waals surface area (Å²) < 4.78 is 23.5. The van der Waals surface area contributed by atoms with Crippen LogP contribution in [0.25, 0.3) is 0 Å². The molecular formula is C15H23N3O2S2. The molecule has 1 heterocycles. The first-order chi connectivity index (χ1) is 10.2. The van der Waals surface area contributed by atoms with E-state index in [1.807, 2.05) is 50.1 Å². The number of nitrogens with zero attached hydrogens (tertiary/aromatic N) is 2. The molecule has 1 fully saturated rings. The minimum absolute atomic E-state index is 0.106. The highest BCUT2D eigenvalue weighted by atomic mass is 32.2. The van der Waals surface area contributed by atoms with Gasteiger partial charge in [0.2, 0.25) is 0 Å². The zero-order valence-corrected chi connectivity index (χ0v) is 15.1. The Kier molecular flexibility index (Phi) is 5.09. The van der Waals surface area contributed by atoms with Crippen molar-refractivity contribution in [1.82, 2.24) is 10.0 Å². The second-order valence-electron chi connectivity index (χ2n) is 6.00. The van der Waals surface area contributed by atoms with Gasteiger partial charge in [-0.2, -0.15) is 0 Å². The zero-order chi connectivity index (χ0) is 16.5. The molecule has 0 unspecified atom stereocenters. The molecule has 0 aromatic heterocycles. The molecule has 1 saturated heterocycles. The third-order valence-electron chi connectivity index (χ3n) is 3.83. The van der Waals surface area contributed by atoms with E-state index < -0.39 is 9.84 Å². The normalized spacial score (nSPS) is 20.1. The van der Waals surface area contributed by atoms with E-state index in [0.717, 1.165) is 16.8 Å². The third kappa shape index (κ3) is 3.97. The fourth-order valence-electron chi connectivity index (χ4n) is 2.69. The maximum absolute atomic E-state index is 11.7. The maximum atomic E-state index is 11.7. The Morgan fingerprint density at radius 2 is 2.00 bits per heavy atom. The first-order valence-electron chi connectivity index (χ1n) is 7.25. The number of thiocarbonyl (C=S) groups is 1. The van der Waals surface area contributed by atoms with Crippen molar-refractivity contribution in [3.8, 4) is 0 Å². The Hall–Kier alpha value is -1.18. The Balaban J connectivity index is 2.19. The van der Waals surface area contributed by atoms with E-state index in [1.165, 1.54) is 0 Å². The van der Waals surface area contributed by atoms with Crippen molar-refractivity contribution in [3.63, 3.8) is 0 Å². The molecule has 1 aromatic rings. The van der Waals surface area contributed by atoms with Crippen molar-refractivity contribution in [2.24, 2.45) is 0 Å². The Labute approximate surface area is 138 Å². The molecule has 122 valence electrons. The van der Waals surface area contributed by atoms with Gasteiger partial charge in [0.1, 0.15) is 0 Å². The van der Waals surface area contributed by atoms with Crippen molar-refractivity contribution in [2.45, 2.75) is 26.3 Å². The van der Waals surface area contributed by atoms with E-state index in [9.17, 15) is 8.42 Å². The largest absolute Gasteiger partial charge is 0.331 e. The van der Waals surface area contributed by atoms with E-state index in [-0.39, 0.29) is 17.5 Å². The van der Waals surface area contributed by atoms with Crippen LogP contribution in [0.15, 0.2) is 18.2 Å². The van der Waals surface area contributed by atoms with Crippen LogP contribution in [0.4, 0.5) is 5.69 Å². The lowest BCUT2D eigenvalue weighted by Gasteiger charge is -2.36. The van der Waals surface area contributed by atoms with Crippen LogP contribution in [-0.4, -0.2) is 55.2 Å². The minimum Gasteiger partial charge on any atom is -0.331 e. The smallest absolute Gasteiger partial charge is 0.188 e. The minimum atomic E-state index is -2.95. The molecule has 1 aliphatic rings. The average molecular weight is 342 g/mol. The summed E-state index contributed by atoms with van der Waals surface area (Å²) in [6, 6.07) is 6.03. The first-order valence-corrected chi connectivity index (χ1v) is 9.48. The molecule has 1 aromatic carbocycles. The van der Waals surface area contributed by atoms with Crippen LogP contribution in [0.1, 0.15) is 17.5 Å². The third-order valence-corrected chi connectivity index (χ3v) is 5.87. The summed E-state index contributed by atoms with van der Waals surface area (Å²) >= 11 is 5.53. The lowest BCUT2D eigenvalue weighted by molar-refractivity contribution is 0.0757. The molecule has 0 radical (unpaired) electrons. The summed E-state index contributed by atoms with van der Waals surface area (Å²) in [5.74, 6) is 0.383. The van der Waals surface area contributed by atoms with E-state index in [0.29, 0.717) is 11.5 Å². The number of hydrazine groups is 1. The van der Waals surface area contributed by atoms with Gasteiger partial charge in [-0.15, -0.1) is 0 Å². The molecule has 1 N–H and O–H groups in total. The number of anilines is 1. The van der Waals surface area contributed by atoms with E-state index in [4.69, 9.17) is 12.2 Å². The molecule has 0 aliphatic carbocycles. The zero-order valence-electron chi connectivity index (χ0n) is 13.5. The molecule has 1 aliphatic heterocycles. The number of hydrogen-bond acceptors (Lipinski definition) is 4. The van der Waals surface area contributed by atoms with E-state index in [1.54, 1.807) is 0 Å². The average Bonchev–Trinajstić information content (AvgIpc) is 2.73. The number of nitrogens with one attached hydrogen (secondary N) is 1. The predicted octanol–water partition coefficient (Wildman–Crippen LogP) is 1.97. The lowest BCUT2D eigenvalue weighted by atomic mass is 10.1. The monoisotopic (exact) mass is 341 g/mol. The number of sulfone groups is 1. The molecule has 2 rings (SSSR count). The highest BCUT2D eigenvalue weighted by molar-refractivity contribution is 7.91. The van der Waals surface area contributed by atoms with E-state index >= 15 is 0 Å². The summed E-state index contributed by atoms with van der Waals surface area (Å²) in [5.41, 5.74) is 3.21. The Bertz CT molecular complexity index is 671. The van der Waals surface area contributed by atoms with Crippen LogP contribution < -0.4 is 5.32 Å². The summed E-state index contributed by atoms with van der Waals surface area (Å²) in [7, 11) is 0.803. The van der Waals surface area contributed by atoms with Crippen LogP contribution in [0.3, 0.4) is 0 Å². The Morgan fingerprint density at radius 1 is 1.32 bits per heavy atom. The molecule has 0 bridgehead atoms. The van der Waals surface area contributed by atoms with Crippen LogP contribution in [-0.2, 0) is 9.84 Å². The van der Waals surface area contributed by atoms with Gasteiger partial charge >= 0.3 is 0 Å². The Morgan fingerprint density at radius 3 is 2.55 bits per heavy atom. The van der Waals surface area contributed by atoms with E-state index in [2.05, 4.69) is 11.4 Å². The second-order valence-corrected chi connectivity index (χ2v) is 8.61.